The normalized spacial score (nSPS) is 19.3. The second-order valence-corrected chi connectivity index (χ2v) is 16.1. The molecule has 1 aliphatic carbocycles. The smallest absolute Gasteiger partial charge is 0.514 e. The summed E-state index contributed by atoms with van der Waals surface area (Å²) in [6, 6.07) is 35.9. The monoisotopic (exact) mass is 901 g/mol. The van der Waals surface area contributed by atoms with Crippen molar-refractivity contribution < 1.29 is 28.5 Å². The van der Waals surface area contributed by atoms with Crippen LogP contribution in [0, 0.1) is 46.8 Å². The summed E-state index contributed by atoms with van der Waals surface area (Å²) in [4.78, 5) is 10.1. The molecule has 0 unspecified atom stereocenters. The molecule has 0 fully saturated rings. The van der Waals surface area contributed by atoms with E-state index in [4.69, 9.17) is 14.7 Å². The molecule has 10 rings (SSSR count). The Bertz CT molecular complexity index is 3030. The zero-order valence-electron chi connectivity index (χ0n) is 34.5. The minimum atomic E-state index is -1.72. The molecule has 0 radical (unpaired) electrons. The van der Waals surface area contributed by atoms with Crippen molar-refractivity contribution >= 4 is 49.6 Å². The maximum absolute atomic E-state index is 9.48. The van der Waals surface area contributed by atoms with Crippen LogP contribution in [0.5, 0.6) is 0 Å². The summed E-state index contributed by atoms with van der Waals surface area (Å²) in [6.45, 7) is 16.8. The topological polar surface area (TPSA) is 44.3 Å². The summed E-state index contributed by atoms with van der Waals surface area (Å²) in [5.74, 6) is 0.856. The van der Waals surface area contributed by atoms with Gasteiger partial charge in [-0.15, -0.1) is 40.8 Å². The van der Waals surface area contributed by atoms with E-state index in [1.54, 1.807) is 0 Å². The number of rotatable bonds is 4. The van der Waals surface area contributed by atoms with E-state index < -0.39 is 18.0 Å². The van der Waals surface area contributed by atoms with Crippen molar-refractivity contribution in [2.24, 2.45) is 4.99 Å². The average molecular weight is 902 g/mol. The van der Waals surface area contributed by atoms with E-state index in [1.165, 1.54) is 16.5 Å². The van der Waals surface area contributed by atoms with Gasteiger partial charge in [0.05, 0.1) is 11.1 Å². The van der Waals surface area contributed by atoms with Crippen molar-refractivity contribution in [3.63, 3.8) is 0 Å². The van der Waals surface area contributed by atoms with E-state index in [-0.39, 0.29) is 21.1 Å². The van der Waals surface area contributed by atoms with Gasteiger partial charge in [-0.05, 0) is 97.3 Å². The van der Waals surface area contributed by atoms with Crippen LogP contribution < -0.4 is 0 Å². The molecule has 2 atom stereocenters. The Hall–Kier alpha value is -4.99. The van der Waals surface area contributed by atoms with Crippen LogP contribution in [-0.2, 0) is 38.6 Å². The third-order valence-corrected chi connectivity index (χ3v) is 11.8. The van der Waals surface area contributed by atoms with Gasteiger partial charge >= 0.3 is 21.1 Å². The Kier molecular flexibility index (Phi) is 7.75. The number of pyridine rings is 1. The molecule has 276 valence electrons. The van der Waals surface area contributed by atoms with Crippen LogP contribution in [-0.4, -0.2) is 31.7 Å². The summed E-state index contributed by atoms with van der Waals surface area (Å²) >= 11 is 0. The van der Waals surface area contributed by atoms with Crippen LogP contribution in [0.1, 0.15) is 79.5 Å². The number of hydrogen-bond acceptors (Lipinski definition) is 3. The summed E-state index contributed by atoms with van der Waals surface area (Å²) in [5.41, 5.74) is 13.8. The largest absolute Gasteiger partial charge is 2.00 e. The van der Waals surface area contributed by atoms with Gasteiger partial charge < -0.3 is 13.9 Å². The van der Waals surface area contributed by atoms with Crippen LogP contribution in [0.4, 0.5) is 0 Å². The Morgan fingerprint density at radius 1 is 0.800 bits per heavy atom. The minimum absolute atomic E-state index is 0. The van der Waals surface area contributed by atoms with Gasteiger partial charge in [-0.2, -0.15) is 6.07 Å². The molecule has 55 heavy (non-hydrogen) atoms. The van der Waals surface area contributed by atoms with Crippen molar-refractivity contribution in [3.05, 3.63) is 147 Å². The molecule has 1 aliphatic heterocycles. The van der Waals surface area contributed by atoms with Gasteiger partial charge in [0.15, 0.2) is 0 Å². The van der Waals surface area contributed by atoms with E-state index in [0.717, 1.165) is 88.7 Å². The molecular formula is C49H44N4OPt. The van der Waals surface area contributed by atoms with Crippen LogP contribution in [0.25, 0.3) is 55.1 Å². The summed E-state index contributed by atoms with van der Waals surface area (Å²) in [7, 11) is 0. The fourth-order valence-corrected chi connectivity index (χ4v) is 8.97. The maximum atomic E-state index is 9.48. The average Bonchev–Trinajstić information content (AvgIpc) is 3.79. The Balaban J connectivity index is 0.00000422. The molecule has 4 heterocycles. The number of aliphatic imine (C=N–C) groups is 1. The molecule has 5 aromatic carbocycles. The van der Waals surface area contributed by atoms with Gasteiger partial charge in [-0.25, -0.2) is 4.98 Å². The van der Waals surface area contributed by atoms with Crippen LogP contribution in [0.2, 0.25) is 0 Å². The van der Waals surface area contributed by atoms with Gasteiger partial charge in [0.25, 0.3) is 0 Å². The maximum Gasteiger partial charge on any atom is 2.00 e. The van der Waals surface area contributed by atoms with E-state index >= 15 is 0 Å². The molecular weight excluding hydrogens is 856 g/mol. The fourth-order valence-electron chi connectivity index (χ4n) is 8.97. The zero-order valence-corrected chi connectivity index (χ0v) is 34.7. The molecule has 3 aromatic heterocycles. The van der Waals surface area contributed by atoms with E-state index in [9.17, 15) is 2.74 Å². The van der Waals surface area contributed by atoms with Gasteiger partial charge in [0.2, 0.25) is 0 Å². The summed E-state index contributed by atoms with van der Waals surface area (Å²) in [6.07, 6.45) is 0.298. The Labute approximate surface area is 340 Å². The van der Waals surface area contributed by atoms with Crippen LogP contribution in [0.3, 0.4) is 0 Å². The SMILES string of the molecule is [2H]C1([2H])c2cc(C)cc(C)c2C[C@@H]2OC(c3[c-]c(-n4c5[c-]c(-n6c7ccc(C(C)C)cc7c7cccnc76)ccc5c5cc(C)ccc54)c(C)cc3C)=N[C@]21C.[Pt+2]. The first-order chi connectivity index (χ1) is 26.7. The number of ether oxygens (including phenoxy) is 1. The summed E-state index contributed by atoms with van der Waals surface area (Å²) < 4.78 is 30.2. The third kappa shape index (κ3) is 5.45. The molecule has 0 saturated carbocycles. The van der Waals surface area contributed by atoms with Crippen LogP contribution >= 0.6 is 0 Å². The number of aromatic nitrogens is 3. The predicted molar refractivity (Wildman–Crippen MR) is 222 cm³/mol. The fraction of sp³-hybridized carbons (Fsp3) is 0.265. The predicted octanol–water partition coefficient (Wildman–Crippen LogP) is 11.2. The molecule has 2 aliphatic rings. The van der Waals surface area contributed by atoms with Crippen molar-refractivity contribution in [1.29, 1.82) is 0 Å². The number of aryl methyl sites for hydroxylation is 5. The Morgan fingerprint density at radius 3 is 2.40 bits per heavy atom. The van der Waals surface area contributed by atoms with E-state index in [0.29, 0.717) is 18.2 Å². The number of nitrogens with zero attached hydrogens (tertiary/aromatic N) is 4. The standard InChI is InChI=1S/C49H44N4O.Pt/c1-27(2)33-12-16-42-41(22-33)37-10-9-17-50-47(37)52(42)35-13-14-36-40-20-28(3)11-15-43(40)53(45(36)23-35)44-24-39(31(6)21-32(44)7)48-51-49(8)26-34-19-29(4)18-30(5)38(34)25-46(49)54-48;/h9-22,27,46H,25-26H2,1-8H3;/q-2;+2/t46-,49-;/m0./s1/i26D2;. The number of benzene rings is 5. The van der Waals surface area contributed by atoms with Crippen molar-refractivity contribution in [2.75, 3.05) is 0 Å². The quantitative estimate of drug-likeness (QED) is 0.165. The van der Waals surface area contributed by atoms with Crippen molar-refractivity contribution in [2.45, 2.75) is 85.7 Å². The van der Waals surface area contributed by atoms with E-state index in [1.807, 2.05) is 32.2 Å². The van der Waals surface area contributed by atoms with E-state index in [2.05, 4.69) is 130 Å². The molecule has 6 heteroatoms. The van der Waals surface area contributed by atoms with Gasteiger partial charge in [-0.1, -0.05) is 85.9 Å². The molecule has 0 bridgehead atoms. The van der Waals surface area contributed by atoms with Crippen molar-refractivity contribution in [3.8, 4) is 11.4 Å². The van der Waals surface area contributed by atoms with Gasteiger partial charge in [0, 0.05) is 38.0 Å². The second kappa shape index (κ2) is 12.8. The van der Waals surface area contributed by atoms with Gasteiger partial charge in [0.1, 0.15) is 17.6 Å². The molecule has 0 saturated heterocycles. The first-order valence-corrected chi connectivity index (χ1v) is 19.0. The molecule has 0 N–H and O–H groups in total. The number of hydrogen-bond donors (Lipinski definition) is 0. The van der Waals surface area contributed by atoms with Crippen LogP contribution in [0.15, 0.2) is 90.1 Å². The molecule has 0 spiro atoms. The molecule has 5 nitrogen and oxygen atoms in total. The summed E-state index contributed by atoms with van der Waals surface area (Å²) in [5, 5.41) is 4.54. The second-order valence-electron chi connectivity index (χ2n) is 16.1. The minimum Gasteiger partial charge on any atom is -0.514 e. The number of fused-ring (bicyclic) bond motifs is 8. The zero-order chi connectivity index (χ0) is 39.0. The first-order valence-electron chi connectivity index (χ1n) is 20.0. The Morgan fingerprint density at radius 2 is 1.58 bits per heavy atom. The third-order valence-electron chi connectivity index (χ3n) is 11.8. The first kappa shape index (κ1) is 33.4. The van der Waals surface area contributed by atoms with Gasteiger partial charge in [-0.3, -0.25) is 4.99 Å². The van der Waals surface area contributed by atoms with Crippen molar-refractivity contribution in [1.82, 2.24) is 14.1 Å². The molecule has 0 amide bonds. The molecule has 8 aromatic rings.